The molecule has 1 aliphatic heterocycles. The van der Waals surface area contributed by atoms with Gasteiger partial charge in [-0.3, -0.25) is 0 Å². The molecule has 44 heavy (non-hydrogen) atoms. The first kappa shape index (κ1) is 26.1. The molecular weight excluding hydrogens is 557 g/mol. The van der Waals surface area contributed by atoms with Gasteiger partial charge >= 0.3 is 0 Å². The van der Waals surface area contributed by atoms with Crippen molar-refractivity contribution in [2.24, 2.45) is 0 Å². The third kappa shape index (κ3) is 4.93. The van der Waals surface area contributed by atoms with Gasteiger partial charge in [0.15, 0.2) is 17.5 Å². The molecule has 4 nitrogen and oxygen atoms in total. The van der Waals surface area contributed by atoms with Crippen molar-refractivity contribution in [2.45, 2.75) is 9.79 Å². The van der Waals surface area contributed by atoms with Gasteiger partial charge in [-0.05, 0) is 53.6 Å². The van der Waals surface area contributed by atoms with Gasteiger partial charge in [0.2, 0.25) is 0 Å². The zero-order valence-electron chi connectivity index (χ0n) is 23.7. The van der Waals surface area contributed by atoms with Gasteiger partial charge in [0.1, 0.15) is 0 Å². The van der Waals surface area contributed by atoms with Crippen LogP contribution in [-0.2, 0) is 0 Å². The Morgan fingerprint density at radius 3 is 1.55 bits per heavy atom. The summed E-state index contributed by atoms with van der Waals surface area (Å²) < 4.78 is 0. The van der Waals surface area contributed by atoms with Crippen LogP contribution in [0.4, 0.5) is 17.1 Å². The minimum Gasteiger partial charge on any atom is -0.308 e. The maximum atomic E-state index is 4.94. The number of anilines is 3. The molecule has 0 saturated carbocycles. The predicted molar refractivity (Wildman–Crippen MR) is 180 cm³/mol. The van der Waals surface area contributed by atoms with Crippen LogP contribution in [0.5, 0.6) is 0 Å². The van der Waals surface area contributed by atoms with Crippen LogP contribution in [0.2, 0.25) is 0 Å². The van der Waals surface area contributed by atoms with Gasteiger partial charge in [-0.25, -0.2) is 15.0 Å². The normalized spacial score (nSPS) is 12.0. The van der Waals surface area contributed by atoms with Crippen LogP contribution >= 0.6 is 11.8 Å². The number of nitrogens with zero attached hydrogens (tertiary/aromatic N) is 4. The minimum atomic E-state index is 0.649. The second kappa shape index (κ2) is 11.3. The molecule has 5 heteroatoms. The van der Waals surface area contributed by atoms with E-state index in [1.165, 1.54) is 21.2 Å². The van der Waals surface area contributed by atoms with Crippen LogP contribution in [0.1, 0.15) is 0 Å². The number of rotatable bonds is 5. The average Bonchev–Trinajstić information content (AvgIpc) is 3.11. The van der Waals surface area contributed by atoms with E-state index >= 15 is 0 Å². The van der Waals surface area contributed by atoms with Crippen molar-refractivity contribution >= 4 is 28.8 Å². The molecule has 0 N–H and O–H groups in total. The predicted octanol–water partition coefficient (Wildman–Crippen LogP) is 10.5. The van der Waals surface area contributed by atoms with E-state index < -0.39 is 0 Å². The van der Waals surface area contributed by atoms with Crippen LogP contribution in [0.3, 0.4) is 0 Å². The molecule has 7 aromatic rings. The lowest BCUT2D eigenvalue weighted by atomic mass is 10.0. The highest BCUT2D eigenvalue weighted by Gasteiger charge is 2.25. The number of hydrogen-bond donors (Lipinski definition) is 0. The van der Waals surface area contributed by atoms with E-state index in [1.807, 2.05) is 72.4 Å². The summed E-state index contributed by atoms with van der Waals surface area (Å²) in [5.74, 6) is 1.96. The number of hydrogen-bond acceptors (Lipinski definition) is 5. The summed E-state index contributed by atoms with van der Waals surface area (Å²) in [7, 11) is 0. The first-order valence-corrected chi connectivity index (χ1v) is 15.4. The van der Waals surface area contributed by atoms with Crippen molar-refractivity contribution in [2.75, 3.05) is 4.90 Å². The Hall–Kier alpha value is -5.52. The lowest BCUT2D eigenvalue weighted by Gasteiger charge is -2.33. The Kier molecular flexibility index (Phi) is 6.70. The van der Waals surface area contributed by atoms with E-state index in [0.717, 1.165) is 33.5 Å². The molecular formula is C39H26N4S. The first-order chi connectivity index (χ1) is 21.8. The van der Waals surface area contributed by atoms with Crippen molar-refractivity contribution in [3.8, 4) is 45.3 Å². The van der Waals surface area contributed by atoms with Crippen molar-refractivity contribution in [3.05, 3.63) is 158 Å². The molecule has 208 valence electrons. The Labute approximate surface area is 260 Å². The number of benzene rings is 6. The lowest BCUT2D eigenvalue weighted by molar-refractivity contribution is 1.07. The molecule has 1 aliphatic rings. The van der Waals surface area contributed by atoms with Crippen LogP contribution in [0, 0.1) is 0 Å². The van der Waals surface area contributed by atoms with E-state index in [9.17, 15) is 0 Å². The summed E-state index contributed by atoms with van der Waals surface area (Å²) in [6.45, 7) is 0. The Bertz CT molecular complexity index is 2040. The highest BCUT2D eigenvalue weighted by atomic mass is 32.2. The highest BCUT2D eigenvalue weighted by Crippen LogP contribution is 2.52. The van der Waals surface area contributed by atoms with Gasteiger partial charge in [0.25, 0.3) is 0 Å². The number of para-hydroxylation sites is 2. The zero-order valence-corrected chi connectivity index (χ0v) is 24.5. The van der Waals surface area contributed by atoms with E-state index in [2.05, 4.69) is 102 Å². The van der Waals surface area contributed by atoms with E-state index in [1.54, 1.807) is 0 Å². The van der Waals surface area contributed by atoms with Gasteiger partial charge in [0.05, 0.1) is 11.4 Å². The molecule has 0 atom stereocenters. The molecule has 0 unspecified atom stereocenters. The monoisotopic (exact) mass is 582 g/mol. The Balaban J connectivity index is 1.21. The molecule has 0 amide bonds. The number of aromatic nitrogens is 3. The molecule has 0 spiro atoms. The molecule has 2 heterocycles. The molecule has 6 aromatic carbocycles. The van der Waals surface area contributed by atoms with Crippen LogP contribution in [-0.4, -0.2) is 15.0 Å². The van der Waals surface area contributed by atoms with Gasteiger partial charge in [0, 0.05) is 32.2 Å². The molecule has 0 radical (unpaired) electrons. The fourth-order valence-electron chi connectivity index (χ4n) is 5.57. The van der Waals surface area contributed by atoms with Gasteiger partial charge < -0.3 is 4.90 Å². The average molecular weight is 583 g/mol. The first-order valence-electron chi connectivity index (χ1n) is 14.5. The third-order valence-corrected chi connectivity index (χ3v) is 8.81. The van der Waals surface area contributed by atoms with Crippen LogP contribution < -0.4 is 4.90 Å². The zero-order chi connectivity index (χ0) is 29.3. The second-order valence-corrected chi connectivity index (χ2v) is 11.6. The van der Waals surface area contributed by atoms with E-state index in [4.69, 9.17) is 15.0 Å². The molecule has 0 bridgehead atoms. The van der Waals surface area contributed by atoms with Crippen LogP contribution in [0.25, 0.3) is 45.3 Å². The summed E-state index contributed by atoms with van der Waals surface area (Å²) in [4.78, 5) is 19.5. The summed E-state index contributed by atoms with van der Waals surface area (Å²) >= 11 is 1.81. The van der Waals surface area contributed by atoms with Crippen molar-refractivity contribution in [1.82, 2.24) is 15.0 Å². The highest BCUT2D eigenvalue weighted by molar-refractivity contribution is 7.99. The van der Waals surface area contributed by atoms with Crippen molar-refractivity contribution in [1.29, 1.82) is 0 Å². The third-order valence-electron chi connectivity index (χ3n) is 7.69. The maximum absolute atomic E-state index is 4.94. The summed E-state index contributed by atoms with van der Waals surface area (Å²) in [6.07, 6.45) is 0. The summed E-state index contributed by atoms with van der Waals surface area (Å²) in [5.41, 5.74) is 8.64. The lowest BCUT2D eigenvalue weighted by Crippen LogP contribution is -2.14. The summed E-state index contributed by atoms with van der Waals surface area (Å²) in [5, 5.41) is 0. The smallest absolute Gasteiger partial charge is 0.164 e. The standard InChI is InChI=1S/C39H26N4S/c1-4-13-27(14-5-1)37-40-38(28-15-6-2-7-16-28)42-39(41-37)31-18-12-17-29(25-31)30-23-24-34-36(26-30)44-35-22-11-10-21-33(35)43(34)32-19-8-3-9-20-32/h1-26H. The SMILES string of the molecule is c1ccc(-c2nc(-c3ccccc3)nc(-c3cccc(-c4ccc5c(c4)Sc4ccccc4N5c4ccccc4)c3)n2)cc1. The second-order valence-electron chi connectivity index (χ2n) is 10.5. The fraction of sp³-hybridized carbons (Fsp3) is 0. The number of fused-ring (bicyclic) bond motifs is 2. The van der Waals surface area contributed by atoms with E-state index in [-0.39, 0.29) is 0 Å². The Morgan fingerprint density at radius 1 is 0.364 bits per heavy atom. The largest absolute Gasteiger partial charge is 0.308 e. The minimum absolute atomic E-state index is 0.649. The molecule has 0 fully saturated rings. The maximum Gasteiger partial charge on any atom is 0.164 e. The molecule has 8 rings (SSSR count). The Morgan fingerprint density at radius 2 is 0.864 bits per heavy atom. The van der Waals surface area contributed by atoms with Gasteiger partial charge in [-0.1, -0.05) is 127 Å². The topological polar surface area (TPSA) is 41.9 Å². The van der Waals surface area contributed by atoms with Gasteiger partial charge in [-0.15, -0.1) is 0 Å². The molecule has 1 aromatic heterocycles. The van der Waals surface area contributed by atoms with E-state index in [0.29, 0.717) is 17.5 Å². The quantitative estimate of drug-likeness (QED) is 0.202. The van der Waals surface area contributed by atoms with Crippen LogP contribution in [0.15, 0.2) is 168 Å². The molecule has 0 saturated heterocycles. The fourth-order valence-corrected chi connectivity index (χ4v) is 6.66. The summed E-state index contributed by atoms with van der Waals surface area (Å²) in [6, 6.07) is 54.5. The van der Waals surface area contributed by atoms with Gasteiger partial charge in [-0.2, -0.15) is 0 Å². The van der Waals surface area contributed by atoms with Crippen molar-refractivity contribution < 1.29 is 0 Å². The molecule has 0 aliphatic carbocycles. The van der Waals surface area contributed by atoms with Crippen molar-refractivity contribution in [3.63, 3.8) is 0 Å².